The average Bonchev–Trinajstić information content (AvgIpc) is 2.47. The van der Waals surface area contributed by atoms with Crippen molar-refractivity contribution >= 4 is 39.1 Å². The minimum absolute atomic E-state index is 0.425. The second-order valence-electron chi connectivity index (χ2n) is 4.82. The first kappa shape index (κ1) is 19.2. The molecule has 1 rings (SSSR count). The molecule has 0 bridgehead atoms. The molecule has 0 spiro atoms. The quantitative estimate of drug-likeness (QED) is 0.324. The molecule has 5 heteroatoms. The van der Waals surface area contributed by atoms with Crippen molar-refractivity contribution in [2.24, 2.45) is 0 Å². The summed E-state index contributed by atoms with van der Waals surface area (Å²) >= 11 is 15.6. The molecule has 0 atom stereocenters. The fourth-order valence-electron chi connectivity index (χ4n) is 1.89. The fourth-order valence-corrected chi connectivity index (χ4v) is 2.80. The van der Waals surface area contributed by atoms with Gasteiger partial charge in [0.2, 0.25) is 0 Å². The van der Waals surface area contributed by atoms with Gasteiger partial charge in [-0.2, -0.15) is 0 Å². The average molecular weight is 398 g/mol. The third-order valence-electron chi connectivity index (χ3n) is 3.10. The van der Waals surface area contributed by atoms with E-state index in [0.29, 0.717) is 29.9 Å². The second kappa shape index (κ2) is 12.7. The molecular formula is C16H23BrCl2O2. The first-order chi connectivity index (χ1) is 10.3. The zero-order valence-electron chi connectivity index (χ0n) is 12.3. The third kappa shape index (κ3) is 9.04. The summed E-state index contributed by atoms with van der Waals surface area (Å²) in [6, 6.07) is 5.46. The Bertz CT molecular complexity index is 368. The van der Waals surface area contributed by atoms with E-state index in [1.165, 1.54) is 25.7 Å². The summed E-state index contributed by atoms with van der Waals surface area (Å²) in [6.07, 6.45) is 6.21. The summed E-state index contributed by atoms with van der Waals surface area (Å²) in [5, 5.41) is 2.40. The van der Waals surface area contributed by atoms with E-state index in [2.05, 4.69) is 15.9 Å². The van der Waals surface area contributed by atoms with Gasteiger partial charge in [-0.15, -0.1) is 0 Å². The van der Waals surface area contributed by atoms with Crippen molar-refractivity contribution in [2.45, 2.75) is 38.7 Å². The molecule has 0 aromatic heterocycles. The maximum Gasteiger partial charge on any atom is 0.0747 e. The normalized spacial score (nSPS) is 11.0. The monoisotopic (exact) mass is 396 g/mol. The molecule has 0 unspecified atom stereocenters. The maximum atomic E-state index is 6.06. The molecule has 0 aliphatic carbocycles. The van der Waals surface area contributed by atoms with Gasteiger partial charge < -0.3 is 9.47 Å². The van der Waals surface area contributed by atoms with Gasteiger partial charge in [0.05, 0.1) is 19.8 Å². The van der Waals surface area contributed by atoms with Crippen molar-refractivity contribution in [3.8, 4) is 0 Å². The van der Waals surface area contributed by atoms with Gasteiger partial charge in [0, 0.05) is 27.5 Å². The molecule has 120 valence electrons. The van der Waals surface area contributed by atoms with E-state index in [9.17, 15) is 0 Å². The van der Waals surface area contributed by atoms with E-state index in [4.69, 9.17) is 32.7 Å². The maximum absolute atomic E-state index is 6.06. The van der Waals surface area contributed by atoms with Crippen LogP contribution < -0.4 is 0 Å². The predicted molar refractivity (Wildman–Crippen MR) is 93.8 cm³/mol. The lowest BCUT2D eigenvalue weighted by Crippen LogP contribution is -2.06. The lowest BCUT2D eigenvalue weighted by molar-refractivity contribution is 0.0393. The number of unbranched alkanes of at least 4 members (excludes halogenated alkanes) is 4. The minimum Gasteiger partial charge on any atom is -0.379 e. The number of benzene rings is 1. The standard InChI is InChI=1S/C16H23BrCl2O2/c17-9-4-2-1-3-5-10-20-11-12-21-13-14-15(18)7-6-8-16(14)19/h6-8H,1-5,9-13H2. The Labute approximate surface area is 146 Å². The Morgan fingerprint density at radius 2 is 1.43 bits per heavy atom. The first-order valence-electron chi connectivity index (χ1n) is 7.40. The molecule has 0 amide bonds. The van der Waals surface area contributed by atoms with Crippen LogP contribution in [0.15, 0.2) is 18.2 Å². The highest BCUT2D eigenvalue weighted by molar-refractivity contribution is 9.09. The topological polar surface area (TPSA) is 18.5 Å². The van der Waals surface area contributed by atoms with Crippen molar-refractivity contribution in [1.82, 2.24) is 0 Å². The molecule has 0 radical (unpaired) electrons. The molecule has 1 aromatic rings. The largest absolute Gasteiger partial charge is 0.379 e. The van der Waals surface area contributed by atoms with Gasteiger partial charge in [-0.1, -0.05) is 64.5 Å². The number of alkyl halides is 1. The van der Waals surface area contributed by atoms with E-state index >= 15 is 0 Å². The Kier molecular flexibility index (Phi) is 11.7. The third-order valence-corrected chi connectivity index (χ3v) is 4.37. The van der Waals surface area contributed by atoms with E-state index in [1.807, 2.05) is 18.2 Å². The summed E-state index contributed by atoms with van der Waals surface area (Å²) in [6.45, 7) is 2.41. The summed E-state index contributed by atoms with van der Waals surface area (Å²) in [5.41, 5.74) is 0.840. The minimum atomic E-state index is 0.425. The number of hydrogen-bond donors (Lipinski definition) is 0. The lowest BCUT2D eigenvalue weighted by atomic mass is 10.2. The van der Waals surface area contributed by atoms with Crippen LogP contribution in [0.5, 0.6) is 0 Å². The molecule has 2 nitrogen and oxygen atoms in total. The number of hydrogen-bond acceptors (Lipinski definition) is 2. The lowest BCUT2D eigenvalue weighted by Gasteiger charge is -2.08. The Hall–Kier alpha value is 0.200. The molecule has 0 N–H and O–H groups in total. The van der Waals surface area contributed by atoms with Gasteiger partial charge in [-0.05, 0) is 25.0 Å². The van der Waals surface area contributed by atoms with Crippen LogP contribution in [0.4, 0.5) is 0 Å². The Morgan fingerprint density at radius 1 is 0.810 bits per heavy atom. The molecular weight excluding hydrogens is 375 g/mol. The van der Waals surface area contributed by atoms with Crippen LogP contribution in [0.3, 0.4) is 0 Å². The molecule has 0 aliphatic heterocycles. The second-order valence-corrected chi connectivity index (χ2v) is 6.43. The molecule has 0 heterocycles. The van der Waals surface area contributed by atoms with E-state index in [1.54, 1.807) is 0 Å². The summed E-state index contributed by atoms with van der Waals surface area (Å²) < 4.78 is 11.1. The van der Waals surface area contributed by atoms with Crippen LogP contribution in [0.1, 0.15) is 37.7 Å². The van der Waals surface area contributed by atoms with E-state index in [-0.39, 0.29) is 0 Å². The fraction of sp³-hybridized carbons (Fsp3) is 0.625. The zero-order valence-corrected chi connectivity index (χ0v) is 15.4. The summed E-state index contributed by atoms with van der Waals surface area (Å²) in [4.78, 5) is 0. The molecule has 0 fully saturated rings. The van der Waals surface area contributed by atoms with Crippen LogP contribution in [-0.4, -0.2) is 25.2 Å². The SMILES string of the molecule is Clc1cccc(Cl)c1COCCOCCCCCCCBr. The van der Waals surface area contributed by atoms with Crippen molar-refractivity contribution in [1.29, 1.82) is 0 Å². The van der Waals surface area contributed by atoms with Crippen LogP contribution >= 0.6 is 39.1 Å². The van der Waals surface area contributed by atoms with Crippen molar-refractivity contribution in [3.05, 3.63) is 33.8 Å². The smallest absolute Gasteiger partial charge is 0.0747 e. The molecule has 0 saturated carbocycles. The summed E-state index contributed by atoms with van der Waals surface area (Å²) in [5.74, 6) is 0. The number of halogens is 3. The predicted octanol–water partition coefficient (Wildman–Crippen LogP) is 5.87. The van der Waals surface area contributed by atoms with Crippen molar-refractivity contribution in [2.75, 3.05) is 25.2 Å². The highest BCUT2D eigenvalue weighted by Crippen LogP contribution is 2.24. The number of ether oxygens (including phenoxy) is 2. The van der Waals surface area contributed by atoms with Gasteiger partial charge in [0.1, 0.15) is 0 Å². The summed E-state index contributed by atoms with van der Waals surface area (Å²) in [7, 11) is 0. The first-order valence-corrected chi connectivity index (χ1v) is 9.27. The van der Waals surface area contributed by atoms with Gasteiger partial charge in [0.25, 0.3) is 0 Å². The van der Waals surface area contributed by atoms with Gasteiger partial charge in [-0.25, -0.2) is 0 Å². The van der Waals surface area contributed by atoms with Gasteiger partial charge in [0.15, 0.2) is 0 Å². The van der Waals surface area contributed by atoms with Gasteiger partial charge >= 0.3 is 0 Å². The molecule has 0 aliphatic rings. The zero-order chi connectivity index (χ0) is 15.3. The van der Waals surface area contributed by atoms with E-state index in [0.717, 1.165) is 23.9 Å². The Morgan fingerprint density at radius 3 is 2.14 bits per heavy atom. The van der Waals surface area contributed by atoms with Crippen LogP contribution in [0.2, 0.25) is 10.0 Å². The molecule has 21 heavy (non-hydrogen) atoms. The number of rotatable bonds is 12. The molecule has 1 aromatic carbocycles. The van der Waals surface area contributed by atoms with Crippen molar-refractivity contribution < 1.29 is 9.47 Å². The van der Waals surface area contributed by atoms with Crippen LogP contribution in [0, 0.1) is 0 Å². The highest BCUT2D eigenvalue weighted by atomic mass is 79.9. The van der Waals surface area contributed by atoms with Crippen molar-refractivity contribution in [3.63, 3.8) is 0 Å². The highest BCUT2D eigenvalue weighted by Gasteiger charge is 2.04. The van der Waals surface area contributed by atoms with Crippen LogP contribution in [0.25, 0.3) is 0 Å². The van der Waals surface area contributed by atoms with E-state index < -0.39 is 0 Å². The Balaban J connectivity index is 1.95. The van der Waals surface area contributed by atoms with Gasteiger partial charge in [-0.3, -0.25) is 0 Å². The van der Waals surface area contributed by atoms with Crippen LogP contribution in [-0.2, 0) is 16.1 Å². The molecule has 0 saturated heterocycles.